The average molecular weight is 411 g/mol. The summed E-state index contributed by atoms with van der Waals surface area (Å²) < 4.78 is 12.5. The van der Waals surface area contributed by atoms with Gasteiger partial charge in [0.1, 0.15) is 18.6 Å². The molecule has 3 aromatic rings. The van der Waals surface area contributed by atoms with Gasteiger partial charge in [-0.3, -0.25) is 9.69 Å². The summed E-state index contributed by atoms with van der Waals surface area (Å²) in [5, 5.41) is 9.24. The largest absolute Gasteiger partial charge is 0.496 e. The van der Waals surface area contributed by atoms with E-state index in [1.54, 1.807) is 18.7 Å². The van der Waals surface area contributed by atoms with Crippen LogP contribution in [0.1, 0.15) is 11.3 Å². The SMILES string of the molecule is COc1ccccc1CCN1C(=O)N(CC(=O)O)Cc2c1nc(-c1ncco1)n2C. The smallest absolute Gasteiger partial charge is 0.326 e. The number of rotatable bonds is 7. The first-order chi connectivity index (χ1) is 14.5. The highest BCUT2D eigenvalue weighted by Crippen LogP contribution is 2.32. The van der Waals surface area contributed by atoms with Crippen molar-refractivity contribution in [3.8, 4) is 17.5 Å². The van der Waals surface area contributed by atoms with Crippen LogP contribution in [0.4, 0.5) is 10.6 Å². The molecule has 0 spiro atoms. The maximum atomic E-state index is 13.1. The molecule has 10 heteroatoms. The van der Waals surface area contributed by atoms with Crippen molar-refractivity contribution in [1.82, 2.24) is 19.4 Å². The zero-order valence-electron chi connectivity index (χ0n) is 16.6. The summed E-state index contributed by atoms with van der Waals surface area (Å²) in [6, 6.07) is 7.16. The summed E-state index contributed by atoms with van der Waals surface area (Å²) in [5.41, 5.74) is 1.65. The Labute approximate surface area is 172 Å². The number of nitrogens with zero attached hydrogens (tertiary/aromatic N) is 5. The fraction of sp³-hybridized carbons (Fsp3) is 0.300. The molecule has 0 unspecified atom stereocenters. The van der Waals surface area contributed by atoms with E-state index in [0.717, 1.165) is 11.3 Å². The minimum absolute atomic E-state index is 0.135. The monoisotopic (exact) mass is 411 g/mol. The van der Waals surface area contributed by atoms with Crippen LogP contribution < -0.4 is 9.64 Å². The van der Waals surface area contributed by atoms with Crippen molar-refractivity contribution in [3.05, 3.63) is 48.0 Å². The number of ether oxygens (including phenoxy) is 1. The summed E-state index contributed by atoms with van der Waals surface area (Å²) in [7, 11) is 3.39. The first-order valence-electron chi connectivity index (χ1n) is 9.35. The molecule has 30 heavy (non-hydrogen) atoms. The van der Waals surface area contributed by atoms with E-state index in [1.165, 1.54) is 22.3 Å². The lowest BCUT2D eigenvalue weighted by atomic mass is 10.1. The number of benzene rings is 1. The zero-order chi connectivity index (χ0) is 21.3. The van der Waals surface area contributed by atoms with E-state index in [-0.39, 0.29) is 6.54 Å². The number of fused-ring (bicyclic) bond motifs is 1. The number of aliphatic carboxylic acids is 1. The number of anilines is 1. The number of aromatic nitrogens is 3. The summed E-state index contributed by atoms with van der Waals surface area (Å²) in [4.78, 5) is 35.9. The second-order valence-corrected chi connectivity index (χ2v) is 6.85. The third-order valence-electron chi connectivity index (χ3n) is 5.04. The Morgan fingerprint density at radius 1 is 1.33 bits per heavy atom. The van der Waals surface area contributed by atoms with E-state index in [1.807, 2.05) is 24.3 Å². The zero-order valence-corrected chi connectivity index (χ0v) is 16.6. The first kappa shape index (κ1) is 19.5. The number of para-hydroxylation sites is 1. The van der Waals surface area contributed by atoms with Gasteiger partial charge in [0.2, 0.25) is 0 Å². The molecule has 0 saturated carbocycles. The molecular formula is C20H21N5O5. The van der Waals surface area contributed by atoms with Crippen molar-refractivity contribution >= 4 is 17.8 Å². The Kier molecular flexibility index (Phi) is 5.13. The second-order valence-electron chi connectivity index (χ2n) is 6.85. The highest BCUT2D eigenvalue weighted by atomic mass is 16.5. The quantitative estimate of drug-likeness (QED) is 0.634. The molecule has 0 fully saturated rings. The predicted molar refractivity (Wildman–Crippen MR) is 106 cm³/mol. The fourth-order valence-corrected chi connectivity index (χ4v) is 3.58. The molecule has 4 rings (SSSR count). The molecule has 1 N–H and O–H groups in total. The molecule has 0 aliphatic carbocycles. The van der Waals surface area contributed by atoms with Crippen molar-refractivity contribution in [2.24, 2.45) is 7.05 Å². The van der Waals surface area contributed by atoms with Crippen LogP contribution in [0.5, 0.6) is 5.75 Å². The van der Waals surface area contributed by atoms with Crippen LogP contribution in [-0.4, -0.2) is 56.7 Å². The van der Waals surface area contributed by atoms with Crippen LogP contribution in [0.25, 0.3) is 11.7 Å². The number of carbonyl (C=O) groups is 2. The number of oxazole rings is 1. The van der Waals surface area contributed by atoms with Crippen LogP contribution in [0.2, 0.25) is 0 Å². The van der Waals surface area contributed by atoms with Crippen LogP contribution in [0.15, 0.2) is 41.1 Å². The predicted octanol–water partition coefficient (Wildman–Crippen LogP) is 2.15. The molecule has 1 aromatic carbocycles. The molecule has 156 valence electrons. The van der Waals surface area contributed by atoms with E-state index in [4.69, 9.17) is 9.15 Å². The van der Waals surface area contributed by atoms with Crippen LogP contribution >= 0.6 is 0 Å². The number of hydrogen-bond donors (Lipinski definition) is 1. The van der Waals surface area contributed by atoms with Gasteiger partial charge in [-0.2, -0.15) is 0 Å². The number of hydrogen-bond acceptors (Lipinski definition) is 6. The van der Waals surface area contributed by atoms with Crippen LogP contribution in [-0.2, 0) is 24.8 Å². The summed E-state index contributed by atoms with van der Waals surface area (Å²) in [5.74, 6) is 0.927. The number of amides is 2. The van der Waals surface area contributed by atoms with E-state index in [0.29, 0.717) is 36.2 Å². The van der Waals surface area contributed by atoms with Crippen molar-refractivity contribution in [2.75, 3.05) is 25.1 Å². The van der Waals surface area contributed by atoms with Gasteiger partial charge < -0.3 is 23.7 Å². The van der Waals surface area contributed by atoms with Gasteiger partial charge in [-0.1, -0.05) is 18.2 Å². The minimum atomic E-state index is -1.08. The van der Waals surface area contributed by atoms with Crippen molar-refractivity contribution in [2.45, 2.75) is 13.0 Å². The second kappa shape index (κ2) is 7.90. The van der Waals surface area contributed by atoms with E-state index >= 15 is 0 Å². The molecule has 0 bridgehead atoms. The molecule has 1 aliphatic heterocycles. The summed E-state index contributed by atoms with van der Waals surface area (Å²) in [6.45, 7) is 0.0448. The normalized spacial score (nSPS) is 13.5. The van der Waals surface area contributed by atoms with Gasteiger partial charge in [0.25, 0.3) is 5.89 Å². The van der Waals surface area contributed by atoms with Gasteiger partial charge in [-0.15, -0.1) is 0 Å². The number of urea groups is 1. The third kappa shape index (κ3) is 3.47. The molecule has 3 heterocycles. The van der Waals surface area contributed by atoms with Gasteiger partial charge >= 0.3 is 12.0 Å². The number of methoxy groups -OCH3 is 1. The van der Waals surface area contributed by atoms with E-state index < -0.39 is 18.5 Å². The topological polar surface area (TPSA) is 114 Å². The van der Waals surface area contributed by atoms with Gasteiger partial charge in [0.15, 0.2) is 11.6 Å². The fourth-order valence-electron chi connectivity index (χ4n) is 3.58. The first-order valence-corrected chi connectivity index (χ1v) is 9.35. The maximum absolute atomic E-state index is 13.1. The Morgan fingerprint density at radius 3 is 2.83 bits per heavy atom. The maximum Gasteiger partial charge on any atom is 0.326 e. The van der Waals surface area contributed by atoms with Gasteiger partial charge in [-0.25, -0.2) is 14.8 Å². The lowest BCUT2D eigenvalue weighted by Gasteiger charge is -2.34. The highest BCUT2D eigenvalue weighted by Gasteiger charge is 2.36. The van der Waals surface area contributed by atoms with Crippen molar-refractivity contribution in [1.29, 1.82) is 0 Å². The van der Waals surface area contributed by atoms with Crippen molar-refractivity contribution in [3.63, 3.8) is 0 Å². The average Bonchev–Trinajstić information content (AvgIpc) is 3.36. The lowest BCUT2D eigenvalue weighted by Crippen LogP contribution is -2.50. The van der Waals surface area contributed by atoms with Crippen LogP contribution in [0.3, 0.4) is 0 Å². The van der Waals surface area contributed by atoms with Crippen LogP contribution in [0, 0.1) is 0 Å². The number of carboxylic acid groups (broad SMARTS) is 1. The molecule has 0 radical (unpaired) electrons. The summed E-state index contributed by atoms with van der Waals surface area (Å²) in [6.07, 6.45) is 3.48. The molecule has 1 aliphatic rings. The molecule has 0 saturated heterocycles. The Balaban J connectivity index is 1.70. The lowest BCUT2D eigenvalue weighted by molar-refractivity contribution is -0.137. The molecule has 2 amide bonds. The summed E-state index contributed by atoms with van der Waals surface area (Å²) >= 11 is 0. The number of imidazole rings is 1. The molecule has 0 atom stereocenters. The molecule has 2 aromatic heterocycles. The van der Waals surface area contributed by atoms with E-state index in [2.05, 4.69) is 9.97 Å². The third-order valence-corrected chi connectivity index (χ3v) is 5.04. The van der Waals surface area contributed by atoms with Gasteiger partial charge in [-0.05, 0) is 18.1 Å². The Hall–Kier alpha value is -3.82. The molecular weight excluding hydrogens is 390 g/mol. The van der Waals surface area contributed by atoms with E-state index in [9.17, 15) is 14.7 Å². The number of carbonyl (C=O) groups excluding carboxylic acids is 1. The van der Waals surface area contributed by atoms with Crippen molar-refractivity contribution < 1.29 is 23.8 Å². The Morgan fingerprint density at radius 2 is 2.13 bits per heavy atom. The molecule has 10 nitrogen and oxygen atoms in total. The van der Waals surface area contributed by atoms with Gasteiger partial charge in [0.05, 0.1) is 25.5 Å². The highest BCUT2D eigenvalue weighted by molar-refractivity contribution is 5.95. The number of carboxylic acids is 1. The minimum Gasteiger partial charge on any atom is -0.496 e. The van der Waals surface area contributed by atoms with Gasteiger partial charge in [0, 0.05) is 13.6 Å². The standard InChI is InChI=1S/C20H21N5O5/c1-23-14-11-24(12-16(26)27)20(28)25(9-7-13-5-3-4-6-15(13)29-2)17(14)22-18(23)19-21-8-10-30-19/h3-6,8,10H,7,9,11-12H2,1-2H3,(H,26,27). The Bertz CT molecular complexity index is 1080.